The number of β-amino-alcohol motifs (C(OH)–C–C–N with tert-alkyl or cyclic N) is 1. The summed E-state index contributed by atoms with van der Waals surface area (Å²) in [6, 6.07) is 7.41. The number of carbonyl (C=O) groups is 1. The Hall–Kier alpha value is -3.43. The van der Waals surface area contributed by atoms with E-state index in [1.54, 1.807) is 12.3 Å². The molecule has 9 heteroatoms. The average Bonchev–Trinajstić information content (AvgIpc) is 2.82. The van der Waals surface area contributed by atoms with Crippen LogP contribution in [0.4, 0.5) is 17.6 Å². The third kappa shape index (κ3) is 5.37. The average molecular weight is 462 g/mol. The topological polar surface area (TPSA) is 107 Å². The molecule has 0 radical (unpaired) electrons. The number of piperazine rings is 1. The van der Waals surface area contributed by atoms with Crippen LogP contribution in [0, 0.1) is 27.7 Å². The summed E-state index contributed by atoms with van der Waals surface area (Å²) < 4.78 is 0. The Morgan fingerprint density at radius 3 is 2.29 bits per heavy atom. The Labute approximate surface area is 199 Å². The van der Waals surface area contributed by atoms with Crippen molar-refractivity contribution in [2.45, 2.75) is 27.7 Å². The lowest BCUT2D eigenvalue weighted by atomic mass is 9.98. The first kappa shape index (κ1) is 23.7. The first-order valence-corrected chi connectivity index (χ1v) is 11.5. The zero-order valence-electron chi connectivity index (χ0n) is 20.2. The lowest BCUT2D eigenvalue weighted by molar-refractivity contribution is 0.103. The van der Waals surface area contributed by atoms with Crippen LogP contribution in [0.2, 0.25) is 0 Å². The lowest BCUT2D eigenvalue weighted by Gasteiger charge is -2.34. The minimum Gasteiger partial charge on any atom is -0.395 e. The quantitative estimate of drug-likeness (QED) is 0.513. The molecule has 0 atom stereocenters. The fourth-order valence-electron chi connectivity index (χ4n) is 4.15. The molecule has 0 unspecified atom stereocenters. The third-order valence-corrected chi connectivity index (χ3v) is 6.01. The van der Waals surface area contributed by atoms with Gasteiger partial charge in [0.1, 0.15) is 5.82 Å². The normalized spacial score (nSPS) is 14.3. The van der Waals surface area contributed by atoms with Crippen LogP contribution < -0.4 is 10.2 Å². The molecule has 0 bridgehead atoms. The molecule has 34 heavy (non-hydrogen) atoms. The van der Waals surface area contributed by atoms with Gasteiger partial charge < -0.3 is 15.3 Å². The number of nitrogens with zero attached hydrogens (tertiary/aromatic N) is 6. The van der Waals surface area contributed by atoms with Crippen molar-refractivity contribution in [3.8, 4) is 0 Å². The Kier molecular flexibility index (Phi) is 7.14. The summed E-state index contributed by atoms with van der Waals surface area (Å²) in [5, 5.41) is 12.5. The molecule has 178 valence electrons. The zero-order valence-corrected chi connectivity index (χ0v) is 20.2. The molecule has 1 fully saturated rings. The summed E-state index contributed by atoms with van der Waals surface area (Å²) in [6.45, 7) is 11.9. The standard InChI is InChI=1S/C25H31N7O2/c1-16-13-21(23(34)20-6-5-18(3)26-15-20)14-17(2)22(16)29-24-27-19(4)28-25(30-24)32-9-7-31(8-10-32)11-12-33/h5-6,13-15,33H,7-12H2,1-4H3,(H,27,28,29,30). The largest absolute Gasteiger partial charge is 0.395 e. The number of pyridine rings is 1. The highest BCUT2D eigenvalue weighted by molar-refractivity contribution is 6.09. The number of aliphatic hydroxyl groups excluding tert-OH is 1. The molecule has 0 saturated carbocycles. The number of hydrogen-bond donors (Lipinski definition) is 2. The Balaban J connectivity index is 1.53. The highest BCUT2D eigenvalue weighted by Crippen LogP contribution is 2.26. The number of aliphatic hydroxyl groups is 1. The van der Waals surface area contributed by atoms with Crippen molar-refractivity contribution < 1.29 is 9.90 Å². The fourth-order valence-corrected chi connectivity index (χ4v) is 4.15. The molecule has 3 heterocycles. The summed E-state index contributed by atoms with van der Waals surface area (Å²) in [4.78, 5) is 35.2. The summed E-state index contributed by atoms with van der Waals surface area (Å²) in [5.41, 5.74) is 4.81. The van der Waals surface area contributed by atoms with Gasteiger partial charge >= 0.3 is 0 Å². The molecule has 1 saturated heterocycles. The van der Waals surface area contributed by atoms with Gasteiger partial charge in [0.2, 0.25) is 11.9 Å². The van der Waals surface area contributed by atoms with Gasteiger partial charge in [-0.25, -0.2) is 0 Å². The number of anilines is 3. The van der Waals surface area contributed by atoms with Gasteiger partial charge in [-0.3, -0.25) is 14.7 Å². The van der Waals surface area contributed by atoms with Gasteiger partial charge in [-0.2, -0.15) is 15.0 Å². The highest BCUT2D eigenvalue weighted by atomic mass is 16.3. The van der Waals surface area contributed by atoms with E-state index in [2.05, 4.69) is 35.1 Å². The molecule has 0 amide bonds. The van der Waals surface area contributed by atoms with Gasteiger partial charge in [-0.05, 0) is 63.1 Å². The maximum Gasteiger partial charge on any atom is 0.232 e. The second kappa shape index (κ2) is 10.2. The van der Waals surface area contributed by atoms with Crippen LogP contribution in [0.5, 0.6) is 0 Å². The first-order chi connectivity index (χ1) is 16.3. The summed E-state index contributed by atoms with van der Waals surface area (Å²) in [7, 11) is 0. The molecule has 0 aliphatic carbocycles. The predicted molar refractivity (Wildman–Crippen MR) is 132 cm³/mol. The van der Waals surface area contributed by atoms with E-state index in [0.29, 0.717) is 35.4 Å². The first-order valence-electron chi connectivity index (χ1n) is 11.5. The molecule has 3 aromatic rings. The molecule has 1 aromatic carbocycles. The summed E-state index contributed by atoms with van der Waals surface area (Å²) >= 11 is 0. The Bertz CT molecular complexity index is 1150. The molecule has 4 rings (SSSR count). The smallest absolute Gasteiger partial charge is 0.232 e. The maximum absolute atomic E-state index is 12.9. The van der Waals surface area contributed by atoms with Crippen LogP contribution in [-0.2, 0) is 0 Å². The Morgan fingerprint density at radius 1 is 0.971 bits per heavy atom. The lowest BCUT2D eigenvalue weighted by Crippen LogP contribution is -2.47. The number of ketones is 1. The molecule has 1 aliphatic heterocycles. The molecule has 9 nitrogen and oxygen atoms in total. The van der Waals surface area contributed by atoms with Crippen LogP contribution in [0.15, 0.2) is 30.5 Å². The molecule has 0 spiro atoms. The van der Waals surface area contributed by atoms with Crippen LogP contribution in [0.3, 0.4) is 0 Å². The van der Waals surface area contributed by atoms with E-state index in [-0.39, 0.29) is 12.4 Å². The number of rotatable bonds is 7. The van der Waals surface area contributed by atoms with Crippen LogP contribution >= 0.6 is 0 Å². The third-order valence-electron chi connectivity index (χ3n) is 6.01. The number of benzene rings is 1. The number of aryl methyl sites for hydroxylation is 4. The van der Waals surface area contributed by atoms with E-state index in [0.717, 1.165) is 48.7 Å². The zero-order chi connectivity index (χ0) is 24.2. The predicted octanol–water partition coefficient (Wildman–Crippen LogP) is 2.59. The van der Waals surface area contributed by atoms with Crippen molar-refractivity contribution in [2.24, 2.45) is 0 Å². The van der Waals surface area contributed by atoms with Crippen molar-refractivity contribution in [1.29, 1.82) is 0 Å². The van der Waals surface area contributed by atoms with E-state index in [1.807, 2.05) is 45.9 Å². The Morgan fingerprint density at radius 2 is 1.68 bits per heavy atom. The monoisotopic (exact) mass is 461 g/mol. The van der Waals surface area contributed by atoms with Gasteiger partial charge in [0.25, 0.3) is 0 Å². The van der Waals surface area contributed by atoms with Crippen molar-refractivity contribution in [3.63, 3.8) is 0 Å². The van der Waals surface area contributed by atoms with Gasteiger partial charge in [-0.1, -0.05) is 0 Å². The van der Waals surface area contributed by atoms with Crippen molar-refractivity contribution in [2.75, 3.05) is 49.5 Å². The molecular formula is C25H31N7O2. The van der Waals surface area contributed by atoms with Crippen LogP contribution in [0.1, 0.15) is 38.6 Å². The van der Waals surface area contributed by atoms with E-state index >= 15 is 0 Å². The van der Waals surface area contributed by atoms with E-state index in [9.17, 15) is 4.79 Å². The van der Waals surface area contributed by atoms with Crippen LogP contribution in [-0.4, -0.2) is 75.1 Å². The van der Waals surface area contributed by atoms with Gasteiger partial charge in [-0.15, -0.1) is 0 Å². The van der Waals surface area contributed by atoms with Gasteiger partial charge in [0, 0.05) is 61.4 Å². The molecule has 1 aliphatic rings. The van der Waals surface area contributed by atoms with Crippen LogP contribution in [0.25, 0.3) is 0 Å². The number of carbonyl (C=O) groups excluding carboxylic acids is 1. The van der Waals surface area contributed by atoms with Gasteiger partial charge in [0.05, 0.1) is 6.61 Å². The minimum atomic E-state index is -0.0520. The van der Waals surface area contributed by atoms with Crippen molar-refractivity contribution in [3.05, 3.63) is 64.2 Å². The fraction of sp³-hybridized carbons (Fsp3) is 0.400. The van der Waals surface area contributed by atoms with Crippen molar-refractivity contribution in [1.82, 2.24) is 24.8 Å². The molecule has 2 aromatic heterocycles. The number of nitrogens with one attached hydrogen (secondary N) is 1. The maximum atomic E-state index is 12.9. The molecular weight excluding hydrogens is 430 g/mol. The number of aromatic nitrogens is 4. The second-order valence-corrected chi connectivity index (χ2v) is 8.69. The summed E-state index contributed by atoms with van der Waals surface area (Å²) in [5.74, 6) is 1.71. The van der Waals surface area contributed by atoms with Crippen molar-refractivity contribution >= 4 is 23.4 Å². The van der Waals surface area contributed by atoms with E-state index in [4.69, 9.17) is 5.11 Å². The molecule has 2 N–H and O–H groups in total. The van der Waals surface area contributed by atoms with E-state index in [1.165, 1.54) is 0 Å². The van der Waals surface area contributed by atoms with Gasteiger partial charge in [0.15, 0.2) is 5.78 Å². The van der Waals surface area contributed by atoms with E-state index < -0.39 is 0 Å². The highest BCUT2D eigenvalue weighted by Gasteiger charge is 2.20. The SMILES string of the molecule is Cc1ccc(C(=O)c2cc(C)c(Nc3nc(C)nc(N4CCN(CCO)CC4)n3)c(C)c2)cn1. The second-order valence-electron chi connectivity index (χ2n) is 8.69. The summed E-state index contributed by atoms with van der Waals surface area (Å²) in [6.07, 6.45) is 1.62. The number of hydrogen-bond acceptors (Lipinski definition) is 9. The minimum absolute atomic E-state index is 0.0520.